The molecule has 1 fully saturated rings. The number of halogens is 3. The normalized spacial score (nSPS) is 14.9. The molecule has 0 atom stereocenters. The molecule has 3 aromatic heterocycles. The van der Waals surface area contributed by atoms with Crippen molar-refractivity contribution in [3.63, 3.8) is 0 Å². The molecule has 166 valence electrons. The van der Waals surface area contributed by atoms with E-state index in [1.807, 2.05) is 12.1 Å². The molecule has 0 spiro atoms. The number of rotatable bonds is 4. The fourth-order valence-corrected chi connectivity index (χ4v) is 4.50. The van der Waals surface area contributed by atoms with Gasteiger partial charge in [0.2, 0.25) is 10.0 Å². The molecule has 4 aromatic rings. The molecule has 0 bridgehead atoms. The summed E-state index contributed by atoms with van der Waals surface area (Å²) in [6, 6.07) is 4.67. The van der Waals surface area contributed by atoms with Gasteiger partial charge >= 0.3 is 6.18 Å². The lowest BCUT2D eigenvalue weighted by Crippen LogP contribution is -2.13. The summed E-state index contributed by atoms with van der Waals surface area (Å²) in [4.78, 5) is 3.35. The number of sulfonamides is 1. The van der Waals surface area contributed by atoms with Crippen LogP contribution in [0.1, 0.15) is 29.9 Å². The van der Waals surface area contributed by atoms with E-state index in [2.05, 4.69) is 15.2 Å². The molecule has 0 radical (unpaired) electrons. The molecule has 1 aliphatic rings. The zero-order valence-corrected chi connectivity index (χ0v) is 17.5. The number of pyridine rings is 1. The predicted octanol–water partition coefficient (Wildman–Crippen LogP) is 3.36. The van der Waals surface area contributed by atoms with Gasteiger partial charge in [-0.05, 0) is 30.4 Å². The first-order valence-electron chi connectivity index (χ1n) is 9.64. The van der Waals surface area contributed by atoms with Gasteiger partial charge in [0, 0.05) is 24.2 Å². The van der Waals surface area contributed by atoms with Crippen LogP contribution in [0.2, 0.25) is 0 Å². The standard InChI is InChI=1S/C20H17F3N6O2S/c1-28-19-12(7-26-28)4-5-15(11-2-3-11)17(19)18-16(32(24,30)31)10-29(27-18)14-6-13(8-25-9-14)20(21,22)23/h4-11H,2-3H2,1H3,(H2,24,30,31). The lowest BCUT2D eigenvalue weighted by molar-refractivity contribution is -0.137. The van der Waals surface area contributed by atoms with Gasteiger partial charge in [-0.15, -0.1) is 0 Å². The third-order valence-electron chi connectivity index (χ3n) is 5.49. The maximum atomic E-state index is 13.2. The third-order valence-corrected chi connectivity index (χ3v) is 6.40. The highest BCUT2D eigenvalue weighted by atomic mass is 32.2. The SMILES string of the molecule is Cn1ncc2ccc(C3CC3)c(-c3nn(-c4cncc(C(F)(F)F)c4)cc3S(N)(=O)=O)c21. The molecular formula is C20H17F3N6O2S. The second kappa shape index (κ2) is 6.87. The van der Waals surface area contributed by atoms with Gasteiger partial charge in [-0.3, -0.25) is 9.67 Å². The summed E-state index contributed by atoms with van der Waals surface area (Å²) >= 11 is 0. The summed E-state index contributed by atoms with van der Waals surface area (Å²) in [7, 11) is -2.52. The van der Waals surface area contributed by atoms with Gasteiger partial charge in [0.05, 0.1) is 35.4 Å². The molecule has 0 unspecified atom stereocenters. The van der Waals surface area contributed by atoms with Crippen LogP contribution in [0.3, 0.4) is 0 Å². The Hall–Kier alpha value is -3.25. The Balaban J connectivity index is 1.80. The Morgan fingerprint density at radius 1 is 1.16 bits per heavy atom. The number of benzene rings is 1. The van der Waals surface area contributed by atoms with Crippen LogP contribution in [-0.2, 0) is 23.2 Å². The minimum Gasteiger partial charge on any atom is -0.267 e. The highest BCUT2D eigenvalue weighted by Gasteiger charge is 2.33. The van der Waals surface area contributed by atoms with Crippen molar-refractivity contribution in [3.05, 3.63) is 54.1 Å². The molecular weight excluding hydrogens is 445 g/mol. The molecule has 0 aliphatic heterocycles. The van der Waals surface area contributed by atoms with E-state index in [1.54, 1.807) is 17.9 Å². The second-order valence-corrected chi connectivity index (χ2v) is 9.30. The fourth-order valence-electron chi connectivity index (χ4n) is 3.85. The number of nitrogens with two attached hydrogens (primary N) is 1. The van der Waals surface area contributed by atoms with E-state index in [4.69, 9.17) is 5.14 Å². The molecule has 0 amide bonds. The van der Waals surface area contributed by atoms with Gasteiger partial charge in [-0.1, -0.05) is 12.1 Å². The van der Waals surface area contributed by atoms with Crippen molar-refractivity contribution in [2.75, 3.05) is 0 Å². The van der Waals surface area contributed by atoms with Crippen molar-refractivity contribution in [1.82, 2.24) is 24.5 Å². The van der Waals surface area contributed by atoms with Gasteiger partial charge < -0.3 is 0 Å². The first kappa shape index (κ1) is 20.6. The van der Waals surface area contributed by atoms with Crippen molar-refractivity contribution in [3.8, 4) is 16.9 Å². The van der Waals surface area contributed by atoms with Crippen LogP contribution in [-0.4, -0.2) is 33.0 Å². The summed E-state index contributed by atoms with van der Waals surface area (Å²) < 4.78 is 67.1. The Kier molecular flexibility index (Phi) is 4.43. The number of alkyl halides is 3. The van der Waals surface area contributed by atoms with E-state index in [1.165, 1.54) is 6.20 Å². The zero-order chi connectivity index (χ0) is 22.8. The quantitative estimate of drug-likeness (QED) is 0.500. The Labute approximate surface area is 180 Å². The maximum absolute atomic E-state index is 13.2. The minimum absolute atomic E-state index is 0.0406. The van der Waals surface area contributed by atoms with Crippen molar-refractivity contribution in [2.24, 2.45) is 12.2 Å². The summed E-state index contributed by atoms with van der Waals surface area (Å²) in [5.41, 5.74) is 1.19. The van der Waals surface area contributed by atoms with Crippen LogP contribution in [0.5, 0.6) is 0 Å². The van der Waals surface area contributed by atoms with Crippen molar-refractivity contribution < 1.29 is 21.6 Å². The molecule has 2 N–H and O–H groups in total. The van der Waals surface area contributed by atoms with Crippen LogP contribution in [0, 0.1) is 0 Å². The molecule has 1 aromatic carbocycles. The number of aryl methyl sites for hydroxylation is 1. The maximum Gasteiger partial charge on any atom is 0.417 e. The molecule has 1 aliphatic carbocycles. The lowest BCUT2D eigenvalue weighted by Gasteiger charge is -2.11. The van der Waals surface area contributed by atoms with Crippen LogP contribution in [0.15, 0.2) is 47.9 Å². The van der Waals surface area contributed by atoms with E-state index >= 15 is 0 Å². The van der Waals surface area contributed by atoms with E-state index in [-0.39, 0.29) is 22.2 Å². The smallest absolute Gasteiger partial charge is 0.267 e. The number of aromatic nitrogens is 5. The van der Waals surface area contributed by atoms with Crippen LogP contribution < -0.4 is 5.14 Å². The minimum atomic E-state index is -4.61. The second-order valence-electron chi connectivity index (χ2n) is 7.77. The topological polar surface area (TPSA) is 109 Å². The molecule has 3 heterocycles. The van der Waals surface area contributed by atoms with Gasteiger partial charge in [0.25, 0.3) is 0 Å². The molecule has 0 saturated heterocycles. The number of nitrogens with zero attached hydrogens (tertiary/aromatic N) is 5. The third kappa shape index (κ3) is 3.45. The molecule has 32 heavy (non-hydrogen) atoms. The summed E-state index contributed by atoms with van der Waals surface area (Å²) in [5.74, 6) is 0.234. The number of hydrogen-bond donors (Lipinski definition) is 1. The van der Waals surface area contributed by atoms with Crippen LogP contribution in [0.4, 0.5) is 13.2 Å². The van der Waals surface area contributed by atoms with E-state index < -0.39 is 21.8 Å². The molecule has 1 saturated carbocycles. The summed E-state index contributed by atoms with van der Waals surface area (Å²) in [6.07, 6.45) is 1.91. The molecule has 8 nitrogen and oxygen atoms in total. The highest BCUT2D eigenvalue weighted by molar-refractivity contribution is 7.89. The van der Waals surface area contributed by atoms with Crippen molar-refractivity contribution >= 4 is 20.9 Å². The van der Waals surface area contributed by atoms with Gasteiger partial charge in [0.15, 0.2) is 0 Å². The Morgan fingerprint density at radius 2 is 1.91 bits per heavy atom. The van der Waals surface area contributed by atoms with Gasteiger partial charge in [-0.25, -0.2) is 18.2 Å². The first-order valence-corrected chi connectivity index (χ1v) is 11.2. The number of hydrogen-bond acceptors (Lipinski definition) is 5. The molecule has 5 rings (SSSR count). The van der Waals surface area contributed by atoms with Crippen LogP contribution >= 0.6 is 0 Å². The largest absolute Gasteiger partial charge is 0.417 e. The van der Waals surface area contributed by atoms with E-state index in [9.17, 15) is 21.6 Å². The summed E-state index contributed by atoms with van der Waals surface area (Å²) in [6.45, 7) is 0. The van der Waals surface area contributed by atoms with E-state index in [0.717, 1.165) is 40.7 Å². The van der Waals surface area contributed by atoms with E-state index in [0.29, 0.717) is 17.3 Å². The monoisotopic (exact) mass is 462 g/mol. The summed E-state index contributed by atoms with van der Waals surface area (Å²) in [5, 5.41) is 14.9. The average Bonchev–Trinajstić information content (AvgIpc) is 3.35. The van der Waals surface area contributed by atoms with Gasteiger partial charge in [-0.2, -0.15) is 23.4 Å². The van der Waals surface area contributed by atoms with Crippen molar-refractivity contribution in [1.29, 1.82) is 0 Å². The Morgan fingerprint density at radius 3 is 2.56 bits per heavy atom. The van der Waals surface area contributed by atoms with Gasteiger partial charge in [0.1, 0.15) is 10.6 Å². The fraction of sp³-hybridized carbons (Fsp3) is 0.250. The average molecular weight is 462 g/mol. The zero-order valence-electron chi connectivity index (χ0n) is 16.7. The van der Waals surface area contributed by atoms with Crippen molar-refractivity contribution in [2.45, 2.75) is 29.8 Å². The number of primary sulfonamides is 1. The molecule has 12 heteroatoms. The lowest BCUT2D eigenvalue weighted by atomic mass is 9.98. The Bertz CT molecular complexity index is 1470. The first-order chi connectivity index (χ1) is 15.0. The predicted molar refractivity (Wildman–Crippen MR) is 109 cm³/mol. The van der Waals surface area contributed by atoms with Crippen LogP contribution in [0.25, 0.3) is 27.8 Å². The number of fused-ring (bicyclic) bond motifs is 1. The highest BCUT2D eigenvalue weighted by Crippen LogP contribution is 2.47.